The summed E-state index contributed by atoms with van der Waals surface area (Å²) in [6, 6.07) is 4.36. The average Bonchev–Trinajstić information content (AvgIpc) is 2.65. The third kappa shape index (κ3) is 2.08. The van der Waals surface area contributed by atoms with Gasteiger partial charge in [-0.05, 0) is 18.6 Å². The summed E-state index contributed by atoms with van der Waals surface area (Å²) < 4.78 is 5.57. The van der Waals surface area contributed by atoms with Gasteiger partial charge in [0.15, 0.2) is 0 Å². The lowest BCUT2D eigenvalue weighted by Crippen LogP contribution is -2.21. The Labute approximate surface area is 101 Å². The van der Waals surface area contributed by atoms with Crippen LogP contribution in [0, 0.1) is 6.92 Å². The smallest absolute Gasteiger partial charge is 0.138 e. The van der Waals surface area contributed by atoms with E-state index in [0.717, 1.165) is 33.7 Å². The van der Waals surface area contributed by atoms with Crippen molar-refractivity contribution in [3.63, 3.8) is 0 Å². The van der Waals surface area contributed by atoms with E-state index < -0.39 is 0 Å². The number of hydrogen-bond acceptors (Lipinski definition) is 2. The van der Waals surface area contributed by atoms with Gasteiger partial charge >= 0.3 is 0 Å². The van der Waals surface area contributed by atoms with Crippen LogP contribution >= 0.6 is 11.6 Å². The first kappa shape index (κ1) is 11.5. The van der Waals surface area contributed by atoms with Crippen molar-refractivity contribution in [2.75, 3.05) is 0 Å². The van der Waals surface area contributed by atoms with Gasteiger partial charge in [0, 0.05) is 23.5 Å². The third-order valence-corrected chi connectivity index (χ3v) is 2.96. The lowest BCUT2D eigenvalue weighted by atomic mass is 10.1. The second kappa shape index (κ2) is 4.48. The molecule has 1 N–H and O–H groups in total. The number of furan rings is 1. The van der Waals surface area contributed by atoms with Crippen LogP contribution in [0.2, 0.25) is 5.02 Å². The van der Waals surface area contributed by atoms with Crippen molar-refractivity contribution >= 4 is 22.6 Å². The maximum atomic E-state index is 6.20. The third-order valence-electron chi connectivity index (χ3n) is 2.64. The summed E-state index contributed by atoms with van der Waals surface area (Å²) in [5, 5.41) is 5.16. The fraction of sp³-hybridized carbons (Fsp3) is 0.385. The fourth-order valence-corrected chi connectivity index (χ4v) is 2.02. The highest BCUT2D eigenvalue weighted by Gasteiger charge is 2.11. The number of fused-ring (bicyclic) bond motifs is 1. The highest BCUT2D eigenvalue weighted by molar-refractivity contribution is 6.35. The van der Waals surface area contributed by atoms with Crippen LogP contribution in [0.15, 0.2) is 22.8 Å². The highest BCUT2D eigenvalue weighted by atomic mass is 35.5. The first-order valence-electron chi connectivity index (χ1n) is 5.48. The summed E-state index contributed by atoms with van der Waals surface area (Å²) in [5.41, 5.74) is 3.14. The first-order chi connectivity index (χ1) is 7.59. The zero-order chi connectivity index (χ0) is 11.7. The number of hydrogen-bond donors (Lipinski definition) is 1. The Morgan fingerprint density at radius 3 is 2.81 bits per heavy atom. The molecule has 2 rings (SSSR count). The molecule has 0 aliphatic carbocycles. The summed E-state index contributed by atoms with van der Waals surface area (Å²) in [6.45, 7) is 7.06. The van der Waals surface area contributed by atoms with Gasteiger partial charge in [-0.25, -0.2) is 0 Å². The predicted molar refractivity (Wildman–Crippen MR) is 67.9 cm³/mol. The van der Waals surface area contributed by atoms with Crippen molar-refractivity contribution in [2.24, 2.45) is 0 Å². The van der Waals surface area contributed by atoms with Crippen LogP contribution in [0.1, 0.15) is 25.0 Å². The number of rotatable bonds is 3. The molecular weight excluding hydrogens is 222 g/mol. The van der Waals surface area contributed by atoms with Crippen LogP contribution in [0.5, 0.6) is 0 Å². The van der Waals surface area contributed by atoms with E-state index in [0.29, 0.717) is 6.04 Å². The molecule has 1 heterocycles. The van der Waals surface area contributed by atoms with Gasteiger partial charge in [-0.2, -0.15) is 0 Å². The molecule has 3 heteroatoms. The molecule has 0 bridgehead atoms. The molecule has 86 valence electrons. The maximum absolute atomic E-state index is 6.20. The summed E-state index contributed by atoms with van der Waals surface area (Å²) >= 11 is 6.20. The number of nitrogens with one attached hydrogen (secondary N) is 1. The zero-order valence-electron chi connectivity index (χ0n) is 9.80. The standard InChI is InChI=1S/C13H16ClNO/c1-8(2)15-6-10-7-16-13-9(3)4-5-11(14)12(10)13/h4-5,7-8,15H,6H2,1-3H3. The number of aryl methyl sites for hydroxylation is 1. The van der Waals surface area contributed by atoms with Crippen molar-refractivity contribution in [3.05, 3.63) is 34.5 Å². The van der Waals surface area contributed by atoms with Gasteiger partial charge in [0.05, 0.1) is 11.3 Å². The lowest BCUT2D eigenvalue weighted by molar-refractivity contribution is 0.572. The zero-order valence-corrected chi connectivity index (χ0v) is 10.6. The Morgan fingerprint density at radius 2 is 2.12 bits per heavy atom. The van der Waals surface area contributed by atoms with Crippen LogP contribution in [0.3, 0.4) is 0 Å². The Morgan fingerprint density at radius 1 is 1.38 bits per heavy atom. The van der Waals surface area contributed by atoms with E-state index in [2.05, 4.69) is 19.2 Å². The van der Waals surface area contributed by atoms with Gasteiger partial charge in [-0.15, -0.1) is 0 Å². The number of benzene rings is 1. The van der Waals surface area contributed by atoms with Crippen LogP contribution < -0.4 is 5.32 Å². The fourth-order valence-electron chi connectivity index (χ4n) is 1.75. The normalized spacial score (nSPS) is 11.6. The van der Waals surface area contributed by atoms with Crippen LogP contribution in [-0.2, 0) is 6.54 Å². The Balaban J connectivity index is 2.43. The summed E-state index contributed by atoms with van der Waals surface area (Å²) in [5.74, 6) is 0. The molecule has 1 aromatic carbocycles. The maximum Gasteiger partial charge on any atom is 0.138 e. The van der Waals surface area contributed by atoms with E-state index >= 15 is 0 Å². The Kier molecular flexibility index (Phi) is 3.22. The second-order valence-corrected chi connectivity index (χ2v) is 4.77. The van der Waals surface area contributed by atoms with Crippen molar-refractivity contribution in [1.29, 1.82) is 0 Å². The quantitative estimate of drug-likeness (QED) is 0.876. The van der Waals surface area contributed by atoms with Gasteiger partial charge in [0.25, 0.3) is 0 Å². The van der Waals surface area contributed by atoms with Gasteiger partial charge in [-0.3, -0.25) is 0 Å². The highest BCUT2D eigenvalue weighted by Crippen LogP contribution is 2.30. The van der Waals surface area contributed by atoms with Gasteiger partial charge in [-0.1, -0.05) is 31.5 Å². The molecule has 0 aliphatic rings. The van der Waals surface area contributed by atoms with E-state index in [1.807, 2.05) is 19.1 Å². The van der Waals surface area contributed by atoms with E-state index in [1.54, 1.807) is 6.26 Å². The summed E-state index contributed by atoms with van der Waals surface area (Å²) in [4.78, 5) is 0. The summed E-state index contributed by atoms with van der Waals surface area (Å²) in [7, 11) is 0. The predicted octanol–water partition coefficient (Wildman–Crippen LogP) is 3.89. The average molecular weight is 238 g/mol. The van der Waals surface area contributed by atoms with Crippen molar-refractivity contribution in [3.8, 4) is 0 Å². The topological polar surface area (TPSA) is 25.2 Å². The molecule has 0 aliphatic heterocycles. The molecule has 1 aromatic heterocycles. The Bertz CT molecular complexity index is 502. The van der Waals surface area contributed by atoms with Crippen LogP contribution in [0.25, 0.3) is 11.0 Å². The molecule has 0 atom stereocenters. The minimum absolute atomic E-state index is 0.452. The van der Waals surface area contributed by atoms with E-state index in [9.17, 15) is 0 Å². The van der Waals surface area contributed by atoms with Gasteiger partial charge in [0.2, 0.25) is 0 Å². The Hall–Kier alpha value is -0.990. The van der Waals surface area contributed by atoms with E-state index in [1.165, 1.54) is 0 Å². The molecule has 0 saturated carbocycles. The van der Waals surface area contributed by atoms with Gasteiger partial charge < -0.3 is 9.73 Å². The van der Waals surface area contributed by atoms with Crippen molar-refractivity contribution in [2.45, 2.75) is 33.4 Å². The molecular formula is C13H16ClNO. The minimum Gasteiger partial charge on any atom is -0.464 e. The first-order valence-corrected chi connectivity index (χ1v) is 5.86. The molecule has 0 unspecified atom stereocenters. The van der Waals surface area contributed by atoms with E-state index in [-0.39, 0.29) is 0 Å². The molecule has 0 saturated heterocycles. The molecule has 0 fully saturated rings. The molecule has 2 nitrogen and oxygen atoms in total. The SMILES string of the molecule is Cc1ccc(Cl)c2c(CNC(C)C)coc12. The summed E-state index contributed by atoms with van der Waals surface area (Å²) in [6.07, 6.45) is 1.79. The molecule has 0 radical (unpaired) electrons. The number of halogens is 1. The molecule has 16 heavy (non-hydrogen) atoms. The van der Waals surface area contributed by atoms with Crippen molar-refractivity contribution < 1.29 is 4.42 Å². The van der Waals surface area contributed by atoms with Crippen molar-refractivity contribution in [1.82, 2.24) is 5.32 Å². The van der Waals surface area contributed by atoms with E-state index in [4.69, 9.17) is 16.0 Å². The van der Waals surface area contributed by atoms with Gasteiger partial charge in [0.1, 0.15) is 5.58 Å². The minimum atomic E-state index is 0.452. The second-order valence-electron chi connectivity index (χ2n) is 4.36. The largest absolute Gasteiger partial charge is 0.464 e. The molecule has 0 amide bonds. The monoisotopic (exact) mass is 237 g/mol. The lowest BCUT2D eigenvalue weighted by Gasteiger charge is -2.06. The molecule has 0 spiro atoms. The van der Waals surface area contributed by atoms with Crippen LogP contribution in [-0.4, -0.2) is 6.04 Å². The molecule has 2 aromatic rings. The van der Waals surface area contributed by atoms with Crippen LogP contribution in [0.4, 0.5) is 0 Å².